The smallest absolute Gasteiger partial charge is 0.169 e. The number of hydrogen-bond acceptors (Lipinski definition) is 5. The van der Waals surface area contributed by atoms with Crippen LogP contribution in [0.25, 0.3) is 11.1 Å². The number of nitrogens with one attached hydrogen (secondary N) is 2. The first kappa shape index (κ1) is 26.7. The average Bonchev–Trinajstić information content (AvgIpc) is 3.53. The van der Waals surface area contributed by atoms with Gasteiger partial charge in [-0.1, -0.05) is 133 Å². The van der Waals surface area contributed by atoms with Crippen LogP contribution in [0.2, 0.25) is 0 Å². The van der Waals surface area contributed by atoms with Crippen LogP contribution >= 0.6 is 0 Å². The van der Waals surface area contributed by atoms with Crippen molar-refractivity contribution in [2.45, 2.75) is 12.3 Å². The van der Waals surface area contributed by atoms with Gasteiger partial charge in [-0.3, -0.25) is 0 Å². The number of amidine groups is 2. The monoisotopic (exact) mass is 581 g/mol. The second-order valence-electron chi connectivity index (χ2n) is 11.2. The van der Waals surface area contributed by atoms with E-state index in [-0.39, 0.29) is 12.3 Å². The normalized spacial score (nSPS) is 17.0. The zero-order chi connectivity index (χ0) is 30.0. The average molecular weight is 582 g/mol. The Hall–Kier alpha value is -5.94. The Kier molecular flexibility index (Phi) is 6.89. The van der Waals surface area contributed by atoms with Gasteiger partial charge < -0.3 is 15.5 Å². The van der Waals surface area contributed by atoms with Crippen LogP contribution in [0.1, 0.15) is 34.6 Å². The first-order valence-corrected chi connectivity index (χ1v) is 15.2. The first-order chi connectivity index (χ1) is 22.3. The molecule has 0 saturated heterocycles. The van der Waals surface area contributed by atoms with Crippen molar-refractivity contribution in [2.24, 2.45) is 9.98 Å². The molecule has 2 heterocycles. The van der Waals surface area contributed by atoms with Gasteiger partial charge in [0.25, 0.3) is 0 Å². The van der Waals surface area contributed by atoms with Crippen molar-refractivity contribution in [3.05, 3.63) is 186 Å². The molecule has 5 heteroatoms. The summed E-state index contributed by atoms with van der Waals surface area (Å²) in [7, 11) is 0. The SMILES string of the molecule is c1ccc(-c2ccc(C3=NC(c4ccccc4)N=C(c4cccc(C5Nc6ccccc6N5c5ccccc5)c4)N3)cc2)cc1. The number of benzene rings is 6. The molecule has 45 heavy (non-hydrogen) atoms. The molecule has 0 fully saturated rings. The maximum absolute atomic E-state index is 5.13. The first-order valence-electron chi connectivity index (χ1n) is 15.2. The summed E-state index contributed by atoms with van der Waals surface area (Å²) >= 11 is 0. The molecule has 0 amide bonds. The van der Waals surface area contributed by atoms with E-state index in [1.165, 1.54) is 11.1 Å². The molecule has 6 aromatic rings. The van der Waals surface area contributed by atoms with E-state index in [9.17, 15) is 0 Å². The van der Waals surface area contributed by atoms with Crippen molar-refractivity contribution >= 4 is 28.7 Å². The van der Waals surface area contributed by atoms with E-state index in [1.807, 2.05) is 24.3 Å². The Morgan fingerprint density at radius 1 is 0.467 bits per heavy atom. The van der Waals surface area contributed by atoms with Gasteiger partial charge in [-0.05, 0) is 52.6 Å². The van der Waals surface area contributed by atoms with E-state index in [0.29, 0.717) is 0 Å². The molecule has 0 spiro atoms. The molecule has 2 atom stereocenters. The summed E-state index contributed by atoms with van der Waals surface area (Å²) in [6, 6.07) is 56.9. The predicted molar refractivity (Wildman–Crippen MR) is 185 cm³/mol. The highest BCUT2D eigenvalue weighted by molar-refractivity contribution is 6.16. The molecule has 0 aliphatic carbocycles. The van der Waals surface area contributed by atoms with Crippen LogP contribution in [0.3, 0.4) is 0 Å². The van der Waals surface area contributed by atoms with Gasteiger partial charge >= 0.3 is 0 Å². The fraction of sp³-hybridized carbons (Fsp3) is 0.0500. The summed E-state index contributed by atoms with van der Waals surface area (Å²) in [5, 5.41) is 7.35. The molecule has 216 valence electrons. The molecule has 6 aromatic carbocycles. The lowest BCUT2D eigenvalue weighted by atomic mass is 10.0. The zero-order valence-corrected chi connectivity index (χ0v) is 24.6. The zero-order valence-electron chi connectivity index (χ0n) is 24.6. The van der Waals surface area contributed by atoms with Crippen molar-refractivity contribution in [2.75, 3.05) is 10.2 Å². The Labute approximate surface area is 263 Å². The Bertz CT molecular complexity index is 2000. The standard InChI is InChI=1S/C40H31N5/c1-4-13-28(14-5-1)29-23-25-31(26-24-29)38-42-37(30-15-6-2-7-16-30)43-39(44-38)32-17-12-18-33(27-32)40-41-35-21-10-11-22-36(35)45(40)34-19-8-3-9-20-34/h1-27,37,40-41H,(H,42,43,44). The maximum Gasteiger partial charge on any atom is 0.169 e. The van der Waals surface area contributed by atoms with Crippen LogP contribution < -0.4 is 15.5 Å². The molecule has 0 bridgehead atoms. The molecule has 8 rings (SSSR count). The largest absolute Gasteiger partial charge is 0.359 e. The van der Waals surface area contributed by atoms with Crippen molar-refractivity contribution in [1.82, 2.24) is 5.32 Å². The molecule has 2 aliphatic heterocycles. The third-order valence-electron chi connectivity index (χ3n) is 8.33. The van der Waals surface area contributed by atoms with Crippen molar-refractivity contribution in [3.63, 3.8) is 0 Å². The number of aliphatic imine (C=N–C) groups is 2. The number of hydrogen-bond donors (Lipinski definition) is 2. The predicted octanol–water partition coefficient (Wildman–Crippen LogP) is 9.11. The van der Waals surface area contributed by atoms with Crippen LogP contribution in [-0.4, -0.2) is 11.7 Å². The summed E-state index contributed by atoms with van der Waals surface area (Å²) in [5.41, 5.74) is 9.98. The lowest BCUT2D eigenvalue weighted by molar-refractivity contribution is 0.755. The third kappa shape index (κ3) is 5.25. The summed E-state index contributed by atoms with van der Waals surface area (Å²) < 4.78 is 0. The Morgan fingerprint density at radius 2 is 1.02 bits per heavy atom. The minimum atomic E-state index is -0.357. The van der Waals surface area contributed by atoms with Gasteiger partial charge in [0.2, 0.25) is 0 Å². The lowest BCUT2D eigenvalue weighted by Crippen LogP contribution is -2.36. The van der Waals surface area contributed by atoms with Crippen molar-refractivity contribution < 1.29 is 0 Å². The molecular formula is C40H31N5. The van der Waals surface area contributed by atoms with E-state index >= 15 is 0 Å². The topological polar surface area (TPSA) is 52.0 Å². The Balaban J connectivity index is 1.15. The van der Waals surface area contributed by atoms with Gasteiger partial charge in [0.1, 0.15) is 17.8 Å². The molecule has 0 aromatic heterocycles. The molecule has 2 aliphatic rings. The third-order valence-corrected chi connectivity index (χ3v) is 8.33. The van der Waals surface area contributed by atoms with E-state index in [2.05, 4.69) is 155 Å². The number of nitrogens with zero attached hydrogens (tertiary/aromatic N) is 3. The van der Waals surface area contributed by atoms with Gasteiger partial charge in [-0.2, -0.15) is 0 Å². The molecule has 2 unspecified atom stereocenters. The number of para-hydroxylation sites is 3. The van der Waals surface area contributed by atoms with Crippen molar-refractivity contribution in [1.29, 1.82) is 0 Å². The van der Waals surface area contributed by atoms with Crippen LogP contribution in [0.5, 0.6) is 0 Å². The van der Waals surface area contributed by atoms with E-state index in [4.69, 9.17) is 9.98 Å². The highest BCUT2D eigenvalue weighted by atomic mass is 15.3. The van der Waals surface area contributed by atoms with Crippen molar-refractivity contribution in [3.8, 4) is 11.1 Å². The fourth-order valence-electron chi connectivity index (χ4n) is 6.09. The number of anilines is 3. The molecule has 2 N–H and O–H groups in total. The van der Waals surface area contributed by atoms with Crippen LogP contribution in [-0.2, 0) is 0 Å². The summed E-state index contributed by atoms with van der Waals surface area (Å²) in [6.07, 6.45) is -0.429. The van der Waals surface area contributed by atoms with Crippen LogP contribution in [0, 0.1) is 0 Å². The van der Waals surface area contributed by atoms with Gasteiger partial charge in [0.15, 0.2) is 6.17 Å². The molecular weight excluding hydrogens is 550 g/mol. The van der Waals surface area contributed by atoms with Crippen LogP contribution in [0.4, 0.5) is 17.1 Å². The minimum Gasteiger partial charge on any atom is -0.359 e. The van der Waals surface area contributed by atoms with Crippen LogP contribution in [0.15, 0.2) is 174 Å². The number of rotatable bonds is 6. The highest BCUT2D eigenvalue weighted by Gasteiger charge is 2.31. The Morgan fingerprint density at radius 3 is 1.78 bits per heavy atom. The minimum absolute atomic E-state index is 0.0717. The second-order valence-corrected chi connectivity index (χ2v) is 11.2. The highest BCUT2D eigenvalue weighted by Crippen LogP contribution is 2.45. The second kappa shape index (κ2) is 11.6. The van der Waals surface area contributed by atoms with E-state index < -0.39 is 0 Å². The van der Waals surface area contributed by atoms with Gasteiger partial charge in [-0.15, -0.1) is 0 Å². The van der Waals surface area contributed by atoms with E-state index in [1.54, 1.807) is 0 Å². The fourth-order valence-corrected chi connectivity index (χ4v) is 6.09. The quantitative estimate of drug-likeness (QED) is 0.206. The maximum atomic E-state index is 5.13. The summed E-state index contributed by atoms with van der Waals surface area (Å²) in [5.74, 6) is 1.60. The van der Waals surface area contributed by atoms with E-state index in [0.717, 1.165) is 51.0 Å². The molecule has 0 radical (unpaired) electrons. The van der Waals surface area contributed by atoms with Gasteiger partial charge in [0, 0.05) is 16.8 Å². The summed E-state index contributed by atoms with van der Waals surface area (Å²) in [6.45, 7) is 0. The lowest BCUT2D eigenvalue weighted by Gasteiger charge is -2.28. The summed E-state index contributed by atoms with van der Waals surface area (Å²) in [4.78, 5) is 12.6. The molecule has 5 nitrogen and oxygen atoms in total. The van der Waals surface area contributed by atoms with Gasteiger partial charge in [0.05, 0.1) is 11.4 Å². The molecule has 0 saturated carbocycles. The number of fused-ring (bicyclic) bond motifs is 1. The van der Waals surface area contributed by atoms with Gasteiger partial charge in [-0.25, -0.2) is 9.98 Å².